The van der Waals surface area contributed by atoms with Crippen LogP contribution in [0, 0.1) is 11.8 Å². The molecule has 0 saturated carbocycles. The number of esters is 1. The summed E-state index contributed by atoms with van der Waals surface area (Å²) in [7, 11) is 0. The molecule has 1 aromatic carbocycles. The maximum Gasteiger partial charge on any atom is 0.338 e. The lowest BCUT2D eigenvalue weighted by molar-refractivity contribution is -0.137. The van der Waals surface area contributed by atoms with E-state index in [0.717, 1.165) is 6.42 Å². The van der Waals surface area contributed by atoms with E-state index in [9.17, 15) is 14.4 Å². The Hall–Kier alpha value is -2.67. The van der Waals surface area contributed by atoms with Crippen molar-refractivity contribution in [1.29, 1.82) is 0 Å². The van der Waals surface area contributed by atoms with Crippen LogP contribution in [0.15, 0.2) is 41.8 Å². The molecular weight excluding hydrogens is 376 g/mol. The topological polar surface area (TPSA) is 75.7 Å². The molecule has 2 amide bonds. The fourth-order valence-corrected chi connectivity index (χ4v) is 4.11. The van der Waals surface area contributed by atoms with Crippen molar-refractivity contribution in [1.82, 2.24) is 4.90 Å². The molecule has 7 heteroatoms. The van der Waals surface area contributed by atoms with Gasteiger partial charge in [0.2, 0.25) is 0 Å². The summed E-state index contributed by atoms with van der Waals surface area (Å²) in [5, 5.41) is 4.58. The number of ether oxygens (including phenoxy) is 1. The van der Waals surface area contributed by atoms with Crippen molar-refractivity contribution in [2.75, 3.05) is 25.0 Å². The van der Waals surface area contributed by atoms with Gasteiger partial charge in [0.15, 0.2) is 6.61 Å². The zero-order valence-corrected chi connectivity index (χ0v) is 16.8. The Labute approximate surface area is 168 Å². The number of thiophene rings is 1. The SMILES string of the molecule is C[C@H]1C[C@H](C)CN(C(=O)COC(=O)c2cccc(NC(=O)c3cccs3)c2)C1. The van der Waals surface area contributed by atoms with Crippen LogP contribution in [0.4, 0.5) is 5.69 Å². The highest BCUT2D eigenvalue weighted by atomic mass is 32.1. The number of piperidine rings is 1. The second-order valence-electron chi connectivity index (χ2n) is 7.33. The summed E-state index contributed by atoms with van der Waals surface area (Å²) in [6.07, 6.45) is 1.10. The fraction of sp³-hybridized carbons (Fsp3) is 0.381. The Bertz CT molecular complexity index is 840. The lowest BCUT2D eigenvalue weighted by atomic mass is 9.92. The number of hydrogen-bond donors (Lipinski definition) is 1. The number of anilines is 1. The molecular formula is C21H24N2O4S. The normalized spacial score (nSPS) is 19.1. The molecule has 1 aliphatic heterocycles. The van der Waals surface area contributed by atoms with Crippen molar-refractivity contribution < 1.29 is 19.1 Å². The van der Waals surface area contributed by atoms with E-state index in [1.54, 1.807) is 41.3 Å². The molecule has 1 aliphatic rings. The molecule has 0 bridgehead atoms. The average Bonchev–Trinajstić information content (AvgIpc) is 3.20. The highest BCUT2D eigenvalue weighted by Gasteiger charge is 2.26. The third-order valence-electron chi connectivity index (χ3n) is 4.65. The van der Waals surface area contributed by atoms with Gasteiger partial charge in [-0.05, 0) is 47.9 Å². The Kier molecular flexibility index (Phi) is 6.46. The predicted octanol–water partition coefficient (Wildman–Crippen LogP) is 3.66. The van der Waals surface area contributed by atoms with Crippen LogP contribution >= 0.6 is 11.3 Å². The maximum atomic E-state index is 12.4. The van der Waals surface area contributed by atoms with E-state index in [1.807, 2.05) is 5.38 Å². The molecule has 0 unspecified atom stereocenters. The van der Waals surface area contributed by atoms with Gasteiger partial charge in [-0.25, -0.2) is 4.79 Å². The van der Waals surface area contributed by atoms with Crippen molar-refractivity contribution in [2.45, 2.75) is 20.3 Å². The van der Waals surface area contributed by atoms with Gasteiger partial charge in [0.05, 0.1) is 10.4 Å². The Morgan fingerprint density at radius 1 is 1.14 bits per heavy atom. The number of amides is 2. The summed E-state index contributed by atoms with van der Waals surface area (Å²) >= 11 is 1.34. The van der Waals surface area contributed by atoms with Gasteiger partial charge in [-0.15, -0.1) is 11.3 Å². The monoisotopic (exact) mass is 400 g/mol. The molecule has 2 aromatic rings. The molecule has 1 N–H and O–H groups in total. The van der Waals surface area contributed by atoms with Crippen LogP contribution in [-0.2, 0) is 9.53 Å². The summed E-state index contributed by atoms with van der Waals surface area (Å²) in [6.45, 7) is 5.37. The van der Waals surface area contributed by atoms with Gasteiger partial charge >= 0.3 is 5.97 Å². The van der Waals surface area contributed by atoms with E-state index in [-0.39, 0.29) is 24.0 Å². The smallest absolute Gasteiger partial charge is 0.338 e. The first-order chi connectivity index (χ1) is 13.4. The third kappa shape index (κ3) is 5.19. The Balaban J connectivity index is 1.55. The Morgan fingerprint density at radius 3 is 2.57 bits per heavy atom. The van der Waals surface area contributed by atoms with Crippen LogP contribution < -0.4 is 5.32 Å². The van der Waals surface area contributed by atoms with Gasteiger partial charge in [-0.3, -0.25) is 9.59 Å². The van der Waals surface area contributed by atoms with Crippen molar-refractivity contribution >= 4 is 34.8 Å². The van der Waals surface area contributed by atoms with Crippen molar-refractivity contribution in [3.05, 3.63) is 52.2 Å². The van der Waals surface area contributed by atoms with Crippen molar-refractivity contribution in [3.63, 3.8) is 0 Å². The van der Waals surface area contributed by atoms with Gasteiger partial charge in [0, 0.05) is 18.8 Å². The number of rotatable bonds is 5. The number of benzene rings is 1. The molecule has 1 saturated heterocycles. The highest BCUT2D eigenvalue weighted by molar-refractivity contribution is 7.12. The molecule has 1 aromatic heterocycles. The molecule has 2 atom stereocenters. The van der Waals surface area contributed by atoms with Gasteiger partial charge in [0.1, 0.15) is 0 Å². The molecule has 0 aliphatic carbocycles. The summed E-state index contributed by atoms with van der Waals surface area (Å²) in [5.74, 6) is -0.0873. The van der Waals surface area contributed by atoms with E-state index in [0.29, 0.717) is 35.5 Å². The van der Waals surface area contributed by atoms with Crippen LogP contribution in [0.1, 0.15) is 40.3 Å². The fourth-order valence-electron chi connectivity index (χ4n) is 3.49. The molecule has 28 heavy (non-hydrogen) atoms. The molecule has 0 spiro atoms. The largest absolute Gasteiger partial charge is 0.452 e. The van der Waals surface area contributed by atoms with Crippen LogP contribution in [0.2, 0.25) is 0 Å². The summed E-state index contributed by atoms with van der Waals surface area (Å²) in [6, 6.07) is 10.0. The number of hydrogen-bond acceptors (Lipinski definition) is 5. The van der Waals surface area contributed by atoms with Crippen LogP contribution in [0.3, 0.4) is 0 Å². The highest BCUT2D eigenvalue weighted by Crippen LogP contribution is 2.21. The number of carbonyl (C=O) groups is 3. The number of likely N-dealkylation sites (tertiary alicyclic amines) is 1. The van der Waals surface area contributed by atoms with Crippen molar-refractivity contribution in [2.24, 2.45) is 11.8 Å². The first kappa shape index (κ1) is 20.1. The number of nitrogens with one attached hydrogen (secondary N) is 1. The van der Waals surface area contributed by atoms with E-state index < -0.39 is 5.97 Å². The molecule has 0 radical (unpaired) electrons. The van der Waals surface area contributed by atoms with E-state index in [4.69, 9.17) is 4.74 Å². The summed E-state index contributed by atoms with van der Waals surface area (Å²) in [5.41, 5.74) is 0.787. The minimum absolute atomic E-state index is 0.172. The minimum atomic E-state index is -0.585. The van der Waals surface area contributed by atoms with Gasteiger partial charge < -0.3 is 15.0 Å². The third-order valence-corrected chi connectivity index (χ3v) is 5.52. The maximum absolute atomic E-state index is 12.4. The zero-order valence-electron chi connectivity index (χ0n) is 16.0. The van der Waals surface area contributed by atoms with Gasteiger partial charge in [0.25, 0.3) is 11.8 Å². The molecule has 148 valence electrons. The van der Waals surface area contributed by atoms with Gasteiger partial charge in [-0.2, -0.15) is 0 Å². The first-order valence-corrected chi connectivity index (χ1v) is 10.2. The standard InChI is InChI=1S/C21H24N2O4S/c1-14-9-15(2)12-23(11-14)19(24)13-27-21(26)16-5-3-6-17(10-16)22-20(25)18-7-4-8-28-18/h3-8,10,14-15H,9,11-13H2,1-2H3,(H,22,25)/t14-,15-/m0/s1. The first-order valence-electron chi connectivity index (χ1n) is 9.32. The predicted molar refractivity (Wildman–Crippen MR) is 109 cm³/mol. The zero-order chi connectivity index (χ0) is 20.1. The molecule has 6 nitrogen and oxygen atoms in total. The van der Waals surface area contributed by atoms with E-state index >= 15 is 0 Å². The lowest BCUT2D eigenvalue weighted by Crippen LogP contribution is -2.44. The number of carbonyl (C=O) groups excluding carboxylic acids is 3. The Morgan fingerprint density at radius 2 is 1.89 bits per heavy atom. The van der Waals surface area contributed by atoms with E-state index in [1.165, 1.54) is 11.3 Å². The second-order valence-corrected chi connectivity index (χ2v) is 8.28. The van der Waals surface area contributed by atoms with E-state index in [2.05, 4.69) is 19.2 Å². The lowest BCUT2D eigenvalue weighted by Gasteiger charge is -2.34. The molecule has 3 rings (SSSR count). The second kappa shape index (κ2) is 9.01. The molecule has 1 fully saturated rings. The summed E-state index contributed by atoms with van der Waals surface area (Å²) < 4.78 is 5.21. The molecule has 2 heterocycles. The average molecular weight is 401 g/mol. The van der Waals surface area contributed by atoms with Gasteiger partial charge in [-0.1, -0.05) is 26.0 Å². The van der Waals surface area contributed by atoms with Crippen molar-refractivity contribution in [3.8, 4) is 0 Å². The van der Waals surface area contributed by atoms with Crippen LogP contribution in [0.5, 0.6) is 0 Å². The van der Waals surface area contributed by atoms with Crippen LogP contribution in [-0.4, -0.2) is 42.4 Å². The quantitative estimate of drug-likeness (QED) is 0.777. The van der Waals surface area contributed by atoms with Crippen LogP contribution in [0.25, 0.3) is 0 Å². The summed E-state index contributed by atoms with van der Waals surface area (Å²) in [4.78, 5) is 39.2. The minimum Gasteiger partial charge on any atom is -0.452 e. The number of nitrogens with zero attached hydrogens (tertiary/aromatic N) is 1.